The lowest BCUT2D eigenvalue weighted by Gasteiger charge is -2.22. The zero-order valence-corrected chi connectivity index (χ0v) is 11.4. The Hall–Kier alpha value is -0.930. The van der Waals surface area contributed by atoms with Crippen LogP contribution in [0.25, 0.3) is 0 Å². The van der Waals surface area contributed by atoms with Gasteiger partial charge in [-0.15, -0.1) is 0 Å². The number of amides is 1. The molecular formula is C13H15Cl2NO2. The second-order valence-electron chi connectivity index (χ2n) is 4.42. The minimum absolute atomic E-state index is 0.201. The number of ether oxygens (including phenoxy) is 1. The van der Waals surface area contributed by atoms with E-state index in [0.29, 0.717) is 10.0 Å². The summed E-state index contributed by atoms with van der Waals surface area (Å²) in [6.45, 7) is 0. The monoisotopic (exact) mass is 287 g/mol. The summed E-state index contributed by atoms with van der Waals surface area (Å²) >= 11 is 11.9. The summed E-state index contributed by atoms with van der Waals surface area (Å²) in [5.41, 5.74) is 0. The van der Waals surface area contributed by atoms with Crippen LogP contribution in [0.3, 0.4) is 0 Å². The van der Waals surface area contributed by atoms with Gasteiger partial charge in [0, 0.05) is 6.04 Å². The van der Waals surface area contributed by atoms with Crippen LogP contribution in [0.1, 0.15) is 32.1 Å². The zero-order chi connectivity index (χ0) is 13.0. The molecule has 1 fully saturated rings. The third-order valence-corrected chi connectivity index (χ3v) is 3.64. The van der Waals surface area contributed by atoms with Crippen LogP contribution in [-0.2, 0) is 0 Å². The Labute approximate surface area is 116 Å². The summed E-state index contributed by atoms with van der Waals surface area (Å²) < 4.78 is 5.16. The van der Waals surface area contributed by atoms with Crippen LogP contribution < -0.4 is 10.1 Å². The van der Waals surface area contributed by atoms with Gasteiger partial charge in [-0.1, -0.05) is 48.5 Å². The van der Waals surface area contributed by atoms with E-state index in [1.165, 1.54) is 6.42 Å². The topological polar surface area (TPSA) is 38.3 Å². The number of nitrogens with one attached hydrogen (secondary N) is 1. The molecule has 18 heavy (non-hydrogen) atoms. The van der Waals surface area contributed by atoms with E-state index in [9.17, 15) is 4.79 Å². The van der Waals surface area contributed by atoms with Crippen molar-refractivity contribution in [2.45, 2.75) is 38.1 Å². The fourth-order valence-corrected chi connectivity index (χ4v) is 2.59. The Bertz CT molecular complexity index is 411. The van der Waals surface area contributed by atoms with Gasteiger partial charge in [-0.25, -0.2) is 4.79 Å². The lowest BCUT2D eigenvalue weighted by molar-refractivity contribution is 0.192. The van der Waals surface area contributed by atoms with E-state index in [1.807, 2.05) is 0 Å². The molecule has 0 heterocycles. The number of carbonyl (C=O) groups is 1. The van der Waals surface area contributed by atoms with Crippen LogP contribution in [0.4, 0.5) is 4.79 Å². The van der Waals surface area contributed by atoms with Gasteiger partial charge in [-0.2, -0.15) is 0 Å². The molecule has 98 valence electrons. The molecule has 0 saturated heterocycles. The fourth-order valence-electron chi connectivity index (χ4n) is 2.12. The van der Waals surface area contributed by atoms with E-state index in [0.717, 1.165) is 25.7 Å². The fraction of sp³-hybridized carbons (Fsp3) is 0.462. The van der Waals surface area contributed by atoms with Crippen molar-refractivity contribution in [3.63, 3.8) is 0 Å². The molecule has 0 atom stereocenters. The molecule has 0 radical (unpaired) electrons. The SMILES string of the molecule is O=C(NC1CCCCC1)Oc1c(Cl)cccc1Cl. The quantitative estimate of drug-likeness (QED) is 0.875. The highest BCUT2D eigenvalue weighted by atomic mass is 35.5. The molecule has 1 saturated carbocycles. The van der Waals surface area contributed by atoms with Gasteiger partial charge >= 0.3 is 6.09 Å². The van der Waals surface area contributed by atoms with Gasteiger partial charge in [0.25, 0.3) is 0 Å². The van der Waals surface area contributed by atoms with Gasteiger partial charge in [0.05, 0.1) is 10.0 Å². The van der Waals surface area contributed by atoms with Crippen LogP contribution in [0, 0.1) is 0 Å². The number of halogens is 2. The first-order valence-corrected chi connectivity index (χ1v) is 6.85. The first-order valence-electron chi connectivity index (χ1n) is 6.09. The Balaban J connectivity index is 1.94. The van der Waals surface area contributed by atoms with Crippen LogP contribution in [0.5, 0.6) is 5.75 Å². The van der Waals surface area contributed by atoms with E-state index in [-0.39, 0.29) is 11.8 Å². The highest BCUT2D eigenvalue weighted by Gasteiger charge is 2.18. The Morgan fingerprint density at radius 3 is 2.39 bits per heavy atom. The lowest BCUT2D eigenvalue weighted by atomic mass is 9.96. The van der Waals surface area contributed by atoms with Crippen molar-refractivity contribution in [1.29, 1.82) is 0 Å². The van der Waals surface area contributed by atoms with Crippen LogP contribution >= 0.6 is 23.2 Å². The van der Waals surface area contributed by atoms with Gasteiger partial charge in [-0.3, -0.25) is 0 Å². The number of benzene rings is 1. The molecule has 0 spiro atoms. The molecule has 1 amide bonds. The average molecular weight is 288 g/mol. The molecule has 0 aliphatic heterocycles. The van der Waals surface area contributed by atoms with Crippen molar-refractivity contribution < 1.29 is 9.53 Å². The third-order valence-electron chi connectivity index (χ3n) is 3.04. The van der Waals surface area contributed by atoms with E-state index in [4.69, 9.17) is 27.9 Å². The molecule has 1 aliphatic carbocycles. The van der Waals surface area contributed by atoms with E-state index >= 15 is 0 Å². The number of hydrogen-bond donors (Lipinski definition) is 1. The zero-order valence-electron chi connectivity index (χ0n) is 9.92. The van der Waals surface area contributed by atoms with Crippen LogP contribution in [0.2, 0.25) is 10.0 Å². The van der Waals surface area contributed by atoms with Crippen molar-refractivity contribution in [3.8, 4) is 5.75 Å². The molecule has 0 unspecified atom stereocenters. The number of rotatable bonds is 2. The highest BCUT2D eigenvalue weighted by molar-refractivity contribution is 6.37. The Morgan fingerprint density at radius 2 is 1.78 bits per heavy atom. The second kappa shape index (κ2) is 6.30. The highest BCUT2D eigenvalue weighted by Crippen LogP contribution is 2.32. The minimum Gasteiger partial charge on any atom is -0.407 e. The van der Waals surface area contributed by atoms with Gasteiger partial charge in [0.15, 0.2) is 5.75 Å². The van der Waals surface area contributed by atoms with Gasteiger partial charge < -0.3 is 10.1 Å². The predicted molar refractivity (Wildman–Crippen MR) is 72.5 cm³/mol. The maximum Gasteiger partial charge on any atom is 0.412 e. The smallest absolute Gasteiger partial charge is 0.407 e. The van der Waals surface area contributed by atoms with Crippen molar-refractivity contribution in [2.75, 3.05) is 0 Å². The first kappa shape index (κ1) is 13.5. The largest absolute Gasteiger partial charge is 0.412 e. The number of carbonyl (C=O) groups excluding carboxylic acids is 1. The molecule has 3 nitrogen and oxygen atoms in total. The van der Waals surface area contributed by atoms with Crippen LogP contribution in [0.15, 0.2) is 18.2 Å². The molecule has 0 bridgehead atoms. The van der Waals surface area contributed by atoms with E-state index in [1.54, 1.807) is 18.2 Å². The molecule has 1 N–H and O–H groups in total. The number of para-hydroxylation sites is 1. The molecular weight excluding hydrogens is 273 g/mol. The Kier molecular flexibility index (Phi) is 4.72. The average Bonchev–Trinajstić information content (AvgIpc) is 2.35. The summed E-state index contributed by atoms with van der Waals surface area (Å²) in [5, 5.41) is 3.51. The summed E-state index contributed by atoms with van der Waals surface area (Å²) in [7, 11) is 0. The predicted octanol–water partition coefficient (Wildman–Crippen LogP) is 4.41. The summed E-state index contributed by atoms with van der Waals surface area (Å²) in [6.07, 6.45) is 5.06. The summed E-state index contributed by atoms with van der Waals surface area (Å²) in [5.74, 6) is 0.217. The normalized spacial score (nSPS) is 16.3. The third kappa shape index (κ3) is 3.53. The molecule has 2 rings (SSSR count). The van der Waals surface area contributed by atoms with Crippen LogP contribution in [-0.4, -0.2) is 12.1 Å². The summed E-state index contributed by atoms with van der Waals surface area (Å²) in [6, 6.07) is 5.18. The second-order valence-corrected chi connectivity index (χ2v) is 5.23. The minimum atomic E-state index is -0.489. The van der Waals surface area contributed by atoms with E-state index < -0.39 is 6.09 Å². The van der Waals surface area contributed by atoms with Crippen molar-refractivity contribution in [2.24, 2.45) is 0 Å². The maximum absolute atomic E-state index is 11.7. The maximum atomic E-state index is 11.7. The van der Waals surface area contributed by atoms with Gasteiger partial charge in [0.2, 0.25) is 0 Å². The molecule has 5 heteroatoms. The van der Waals surface area contributed by atoms with Crippen molar-refractivity contribution >= 4 is 29.3 Å². The van der Waals surface area contributed by atoms with Crippen molar-refractivity contribution in [3.05, 3.63) is 28.2 Å². The first-order chi connectivity index (χ1) is 8.66. The molecule has 1 aromatic carbocycles. The lowest BCUT2D eigenvalue weighted by Crippen LogP contribution is -2.38. The van der Waals surface area contributed by atoms with Crippen molar-refractivity contribution in [1.82, 2.24) is 5.32 Å². The molecule has 1 aliphatic rings. The summed E-state index contributed by atoms with van der Waals surface area (Å²) in [4.78, 5) is 11.7. The van der Waals surface area contributed by atoms with E-state index in [2.05, 4.69) is 5.32 Å². The molecule has 1 aromatic rings. The standard InChI is InChI=1S/C13H15Cl2NO2/c14-10-7-4-8-11(15)12(10)18-13(17)16-9-5-2-1-3-6-9/h4,7-9H,1-3,5-6H2,(H,16,17). The van der Waals surface area contributed by atoms with Gasteiger partial charge in [-0.05, 0) is 25.0 Å². The Morgan fingerprint density at radius 1 is 1.17 bits per heavy atom. The molecule has 0 aromatic heterocycles. The number of hydrogen-bond acceptors (Lipinski definition) is 2. The van der Waals surface area contributed by atoms with Gasteiger partial charge in [0.1, 0.15) is 0 Å².